The van der Waals surface area contributed by atoms with Crippen molar-refractivity contribution >= 4 is 11.9 Å². The molecule has 140 valence electrons. The minimum Gasteiger partial charge on any atom is -0.465 e. The highest BCUT2D eigenvalue weighted by Crippen LogP contribution is 2.31. The fourth-order valence-electron chi connectivity index (χ4n) is 3.16. The summed E-state index contributed by atoms with van der Waals surface area (Å²) in [5.41, 5.74) is 0. The van der Waals surface area contributed by atoms with Crippen LogP contribution in [0, 0.1) is 17.8 Å². The highest BCUT2D eigenvalue weighted by molar-refractivity contribution is 5.76. The average Bonchev–Trinajstić information content (AvgIpc) is 2.58. The molecule has 0 aromatic rings. The van der Waals surface area contributed by atoms with E-state index in [9.17, 15) is 9.59 Å². The van der Waals surface area contributed by atoms with Gasteiger partial charge in [-0.15, -0.1) is 0 Å². The normalized spacial score (nSPS) is 20.8. The van der Waals surface area contributed by atoms with Gasteiger partial charge in [0.2, 0.25) is 0 Å². The predicted molar refractivity (Wildman–Crippen MR) is 95.6 cm³/mol. The third-order valence-corrected chi connectivity index (χ3v) is 4.64. The van der Waals surface area contributed by atoms with Gasteiger partial charge in [0.25, 0.3) is 0 Å². The maximum Gasteiger partial charge on any atom is 0.308 e. The lowest BCUT2D eigenvalue weighted by molar-refractivity contribution is -0.155. The van der Waals surface area contributed by atoms with Crippen molar-refractivity contribution in [3.05, 3.63) is 0 Å². The third kappa shape index (κ3) is 8.70. The van der Waals surface area contributed by atoms with E-state index in [1.165, 1.54) is 25.7 Å². The molecule has 1 rings (SSSR count). The number of rotatable bonds is 11. The molecule has 0 N–H and O–H groups in total. The quantitative estimate of drug-likeness (QED) is 0.397. The predicted octanol–water partition coefficient (Wildman–Crippen LogP) is 4.90. The van der Waals surface area contributed by atoms with Crippen molar-refractivity contribution < 1.29 is 19.1 Å². The lowest BCUT2D eigenvalue weighted by atomic mass is 9.81. The topological polar surface area (TPSA) is 52.6 Å². The van der Waals surface area contributed by atoms with E-state index in [0.717, 1.165) is 32.1 Å². The second-order valence-corrected chi connectivity index (χ2v) is 7.52. The summed E-state index contributed by atoms with van der Waals surface area (Å²) in [5, 5.41) is 0. The van der Waals surface area contributed by atoms with Gasteiger partial charge in [0.15, 0.2) is 0 Å². The Morgan fingerprint density at radius 3 is 2.12 bits per heavy atom. The van der Waals surface area contributed by atoms with Crippen LogP contribution in [0.3, 0.4) is 0 Å². The Labute approximate surface area is 147 Å². The van der Waals surface area contributed by atoms with Gasteiger partial charge in [-0.1, -0.05) is 59.3 Å². The Kier molecular flexibility index (Phi) is 10.8. The molecule has 4 heteroatoms. The molecule has 0 bridgehead atoms. The van der Waals surface area contributed by atoms with Crippen LogP contribution in [-0.2, 0) is 19.1 Å². The lowest BCUT2D eigenvalue weighted by Crippen LogP contribution is -2.30. The molecule has 2 unspecified atom stereocenters. The molecule has 1 aliphatic carbocycles. The van der Waals surface area contributed by atoms with Crippen molar-refractivity contribution in [1.29, 1.82) is 0 Å². The van der Waals surface area contributed by atoms with Crippen LogP contribution >= 0.6 is 0 Å². The monoisotopic (exact) mass is 340 g/mol. The average molecular weight is 341 g/mol. The van der Waals surface area contributed by atoms with Crippen molar-refractivity contribution in [2.24, 2.45) is 17.8 Å². The summed E-state index contributed by atoms with van der Waals surface area (Å²) in [7, 11) is 0. The van der Waals surface area contributed by atoms with Gasteiger partial charge < -0.3 is 9.47 Å². The minimum absolute atomic E-state index is 0.120. The molecular weight excluding hydrogens is 304 g/mol. The van der Waals surface area contributed by atoms with Crippen molar-refractivity contribution in [3.8, 4) is 0 Å². The van der Waals surface area contributed by atoms with E-state index < -0.39 is 0 Å². The van der Waals surface area contributed by atoms with E-state index in [1.54, 1.807) is 0 Å². The fourth-order valence-corrected chi connectivity index (χ4v) is 3.16. The van der Waals surface area contributed by atoms with Crippen LogP contribution in [-0.4, -0.2) is 25.2 Å². The Hall–Kier alpha value is -1.06. The van der Waals surface area contributed by atoms with Crippen LogP contribution in [0.1, 0.15) is 85.0 Å². The molecule has 0 spiro atoms. The van der Waals surface area contributed by atoms with E-state index >= 15 is 0 Å². The summed E-state index contributed by atoms with van der Waals surface area (Å²) in [6, 6.07) is 0. The van der Waals surface area contributed by atoms with Crippen LogP contribution in [0.5, 0.6) is 0 Å². The summed E-state index contributed by atoms with van der Waals surface area (Å²) in [5.74, 6) is -0.183. The van der Waals surface area contributed by atoms with E-state index in [0.29, 0.717) is 25.6 Å². The third-order valence-electron chi connectivity index (χ3n) is 4.64. The zero-order valence-corrected chi connectivity index (χ0v) is 15.9. The SMILES string of the molecule is CCCCCCCCOC(=O)C1CCCC(C(=O)OCC(C)C)C1. The fraction of sp³-hybridized carbons (Fsp3) is 0.900. The van der Waals surface area contributed by atoms with Crippen LogP contribution in [0.2, 0.25) is 0 Å². The molecular formula is C20H36O4. The van der Waals surface area contributed by atoms with Crippen molar-refractivity contribution in [2.75, 3.05) is 13.2 Å². The molecule has 2 atom stereocenters. The number of hydrogen-bond acceptors (Lipinski definition) is 4. The highest BCUT2D eigenvalue weighted by atomic mass is 16.5. The number of esters is 2. The van der Waals surface area contributed by atoms with Gasteiger partial charge >= 0.3 is 11.9 Å². The standard InChI is InChI=1S/C20H36O4/c1-4-5-6-7-8-9-13-23-19(21)17-11-10-12-18(14-17)20(22)24-15-16(2)3/h16-18H,4-15H2,1-3H3. The largest absolute Gasteiger partial charge is 0.465 e. The van der Waals surface area contributed by atoms with E-state index in [2.05, 4.69) is 6.92 Å². The Morgan fingerprint density at radius 2 is 1.50 bits per heavy atom. The first kappa shape index (κ1) is 21.0. The van der Waals surface area contributed by atoms with Gasteiger partial charge in [-0.2, -0.15) is 0 Å². The van der Waals surface area contributed by atoms with Crippen LogP contribution in [0.15, 0.2) is 0 Å². The Balaban J connectivity index is 2.21. The van der Waals surface area contributed by atoms with Crippen LogP contribution in [0.4, 0.5) is 0 Å². The van der Waals surface area contributed by atoms with Crippen molar-refractivity contribution in [1.82, 2.24) is 0 Å². The number of carbonyl (C=O) groups is 2. The summed E-state index contributed by atoms with van der Waals surface area (Å²) >= 11 is 0. The molecule has 0 aliphatic heterocycles. The van der Waals surface area contributed by atoms with Gasteiger partial charge in [0.1, 0.15) is 0 Å². The molecule has 24 heavy (non-hydrogen) atoms. The molecule has 0 aromatic carbocycles. The van der Waals surface area contributed by atoms with E-state index in [1.807, 2.05) is 13.8 Å². The molecule has 1 aliphatic rings. The molecule has 0 radical (unpaired) electrons. The van der Waals surface area contributed by atoms with Crippen LogP contribution in [0.25, 0.3) is 0 Å². The summed E-state index contributed by atoms with van der Waals surface area (Å²) in [4.78, 5) is 24.3. The molecule has 0 aromatic heterocycles. The highest BCUT2D eigenvalue weighted by Gasteiger charge is 2.32. The van der Waals surface area contributed by atoms with Gasteiger partial charge in [-0.05, 0) is 31.6 Å². The number of hydrogen-bond donors (Lipinski definition) is 0. The molecule has 1 fully saturated rings. The second-order valence-electron chi connectivity index (χ2n) is 7.52. The summed E-state index contributed by atoms with van der Waals surface area (Å²) in [6.45, 7) is 7.23. The minimum atomic E-state index is -0.142. The van der Waals surface area contributed by atoms with Crippen molar-refractivity contribution in [3.63, 3.8) is 0 Å². The first-order valence-electron chi connectivity index (χ1n) is 9.87. The first-order chi connectivity index (χ1) is 11.5. The zero-order chi connectivity index (χ0) is 17.8. The smallest absolute Gasteiger partial charge is 0.308 e. The Bertz CT molecular complexity index is 365. The van der Waals surface area contributed by atoms with Gasteiger partial charge in [0.05, 0.1) is 25.0 Å². The molecule has 0 amide bonds. The van der Waals surface area contributed by atoms with Gasteiger partial charge in [0, 0.05) is 0 Å². The van der Waals surface area contributed by atoms with Crippen LogP contribution < -0.4 is 0 Å². The number of ether oxygens (including phenoxy) is 2. The van der Waals surface area contributed by atoms with E-state index in [4.69, 9.17) is 9.47 Å². The number of unbranched alkanes of at least 4 members (excludes halogenated alkanes) is 5. The summed E-state index contributed by atoms with van der Waals surface area (Å²) in [6.07, 6.45) is 10.3. The summed E-state index contributed by atoms with van der Waals surface area (Å²) < 4.78 is 10.7. The maximum atomic E-state index is 12.2. The van der Waals surface area contributed by atoms with Gasteiger partial charge in [-0.25, -0.2) is 0 Å². The Morgan fingerprint density at radius 1 is 0.917 bits per heavy atom. The zero-order valence-electron chi connectivity index (χ0n) is 15.9. The maximum absolute atomic E-state index is 12.2. The molecule has 0 heterocycles. The molecule has 1 saturated carbocycles. The second kappa shape index (κ2) is 12.3. The van der Waals surface area contributed by atoms with Gasteiger partial charge in [-0.3, -0.25) is 9.59 Å². The first-order valence-corrected chi connectivity index (χ1v) is 9.87. The molecule has 4 nitrogen and oxygen atoms in total. The van der Waals surface area contributed by atoms with Crippen molar-refractivity contribution in [2.45, 2.75) is 85.0 Å². The lowest BCUT2D eigenvalue weighted by Gasteiger charge is -2.26. The molecule has 0 saturated heterocycles. The number of carbonyl (C=O) groups excluding carboxylic acids is 2. The van der Waals surface area contributed by atoms with E-state index in [-0.39, 0.29) is 23.8 Å².